The van der Waals surface area contributed by atoms with Crippen LogP contribution in [0.25, 0.3) is 0 Å². The van der Waals surface area contributed by atoms with Crippen LogP contribution in [0.1, 0.15) is 6.92 Å². The fraction of sp³-hybridized carbons (Fsp3) is 0.500. The van der Waals surface area contributed by atoms with Crippen molar-refractivity contribution in [2.24, 2.45) is 0 Å². The number of hydrogen-bond acceptors (Lipinski definition) is 3. The predicted octanol–water partition coefficient (Wildman–Crippen LogP) is 0.0884. The molecule has 5 nitrogen and oxygen atoms in total. The molecule has 13 heavy (non-hydrogen) atoms. The normalized spacial score (nSPS) is 16.3. The SMILES string of the molecule is CCOC(=O)C1=CNC(=O)N(C)C1. The van der Waals surface area contributed by atoms with Gasteiger partial charge in [0.25, 0.3) is 0 Å². The van der Waals surface area contributed by atoms with Crippen LogP contribution in [0.15, 0.2) is 11.8 Å². The smallest absolute Gasteiger partial charge is 0.337 e. The molecule has 0 saturated heterocycles. The highest BCUT2D eigenvalue weighted by Crippen LogP contribution is 2.04. The summed E-state index contributed by atoms with van der Waals surface area (Å²) in [6, 6.07) is -0.215. The monoisotopic (exact) mass is 184 g/mol. The van der Waals surface area contributed by atoms with E-state index in [1.807, 2.05) is 0 Å². The zero-order valence-corrected chi connectivity index (χ0v) is 7.66. The summed E-state index contributed by atoms with van der Waals surface area (Å²) in [6.45, 7) is 2.38. The van der Waals surface area contributed by atoms with Crippen LogP contribution in [0, 0.1) is 0 Å². The van der Waals surface area contributed by atoms with Crippen molar-refractivity contribution in [1.29, 1.82) is 0 Å². The standard InChI is InChI=1S/C8H12N2O3/c1-3-13-7(11)6-4-9-8(12)10(2)5-6/h4H,3,5H2,1-2H3,(H,9,12). The molecular formula is C8H12N2O3. The van der Waals surface area contributed by atoms with Gasteiger partial charge >= 0.3 is 12.0 Å². The van der Waals surface area contributed by atoms with Gasteiger partial charge in [0.15, 0.2) is 0 Å². The van der Waals surface area contributed by atoms with Gasteiger partial charge in [-0.25, -0.2) is 9.59 Å². The van der Waals surface area contributed by atoms with Crippen LogP contribution in [-0.2, 0) is 9.53 Å². The van der Waals surface area contributed by atoms with E-state index in [9.17, 15) is 9.59 Å². The van der Waals surface area contributed by atoms with Gasteiger partial charge in [-0.1, -0.05) is 0 Å². The van der Waals surface area contributed by atoms with Gasteiger partial charge in [-0.05, 0) is 6.92 Å². The van der Waals surface area contributed by atoms with E-state index in [4.69, 9.17) is 4.74 Å². The zero-order valence-electron chi connectivity index (χ0n) is 7.66. The Labute approximate surface area is 76.3 Å². The third kappa shape index (κ3) is 2.21. The summed E-state index contributed by atoms with van der Waals surface area (Å²) < 4.78 is 4.78. The molecule has 0 bridgehead atoms. The number of ether oxygens (including phenoxy) is 1. The van der Waals surface area contributed by atoms with E-state index in [-0.39, 0.29) is 12.0 Å². The molecular weight excluding hydrogens is 172 g/mol. The molecule has 2 amide bonds. The van der Waals surface area contributed by atoms with Gasteiger partial charge in [0.1, 0.15) is 0 Å². The first kappa shape index (κ1) is 9.57. The summed E-state index contributed by atoms with van der Waals surface area (Å²) in [6.07, 6.45) is 1.39. The molecule has 0 radical (unpaired) electrons. The van der Waals surface area contributed by atoms with Crippen LogP contribution in [0.3, 0.4) is 0 Å². The van der Waals surface area contributed by atoms with E-state index in [2.05, 4.69) is 5.32 Å². The summed E-state index contributed by atoms with van der Waals surface area (Å²) in [7, 11) is 1.61. The zero-order chi connectivity index (χ0) is 9.84. The Balaban J connectivity index is 2.62. The molecule has 1 aliphatic heterocycles. The van der Waals surface area contributed by atoms with Crippen LogP contribution >= 0.6 is 0 Å². The van der Waals surface area contributed by atoms with E-state index >= 15 is 0 Å². The quantitative estimate of drug-likeness (QED) is 0.619. The Hall–Kier alpha value is -1.52. The molecule has 1 rings (SSSR count). The largest absolute Gasteiger partial charge is 0.463 e. The van der Waals surface area contributed by atoms with Gasteiger partial charge < -0.3 is 15.0 Å². The first-order chi connectivity index (χ1) is 6.15. The maximum Gasteiger partial charge on any atom is 0.337 e. The Morgan fingerprint density at radius 3 is 3.00 bits per heavy atom. The highest BCUT2D eigenvalue weighted by molar-refractivity contribution is 5.92. The average Bonchev–Trinajstić information content (AvgIpc) is 2.10. The number of carbonyl (C=O) groups is 2. The summed E-state index contributed by atoms with van der Waals surface area (Å²) in [5.74, 6) is -0.380. The van der Waals surface area contributed by atoms with E-state index in [1.165, 1.54) is 11.1 Å². The Kier molecular flexibility index (Phi) is 2.89. The topological polar surface area (TPSA) is 58.6 Å². The number of likely N-dealkylation sites (N-methyl/N-ethyl adjacent to an activating group) is 1. The molecule has 0 atom stereocenters. The molecule has 0 aromatic rings. The summed E-state index contributed by atoms with van der Waals surface area (Å²) in [4.78, 5) is 23.5. The molecule has 1 heterocycles. The van der Waals surface area contributed by atoms with Crippen molar-refractivity contribution < 1.29 is 14.3 Å². The van der Waals surface area contributed by atoms with Gasteiger partial charge in [-0.15, -0.1) is 0 Å². The van der Waals surface area contributed by atoms with E-state index < -0.39 is 0 Å². The van der Waals surface area contributed by atoms with Gasteiger partial charge in [0, 0.05) is 13.2 Å². The van der Waals surface area contributed by atoms with Crippen molar-refractivity contribution in [3.05, 3.63) is 11.8 Å². The van der Waals surface area contributed by atoms with Crippen molar-refractivity contribution in [1.82, 2.24) is 10.2 Å². The third-order valence-electron chi connectivity index (χ3n) is 1.66. The molecule has 0 aliphatic carbocycles. The highest BCUT2D eigenvalue weighted by Gasteiger charge is 2.20. The minimum absolute atomic E-state index is 0.215. The molecule has 72 valence electrons. The predicted molar refractivity (Wildman–Crippen MR) is 45.9 cm³/mol. The molecule has 0 saturated carbocycles. The van der Waals surface area contributed by atoms with Gasteiger partial charge in [-0.2, -0.15) is 0 Å². The molecule has 0 fully saturated rings. The van der Waals surface area contributed by atoms with Crippen LogP contribution in [0.2, 0.25) is 0 Å². The number of hydrogen-bond donors (Lipinski definition) is 1. The number of nitrogens with zero attached hydrogens (tertiary/aromatic N) is 1. The molecule has 0 unspecified atom stereocenters. The van der Waals surface area contributed by atoms with Crippen LogP contribution in [0.4, 0.5) is 4.79 Å². The van der Waals surface area contributed by atoms with Crippen molar-refractivity contribution in [3.8, 4) is 0 Å². The lowest BCUT2D eigenvalue weighted by Crippen LogP contribution is -2.41. The second-order valence-corrected chi connectivity index (χ2v) is 2.70. The Morgan fingerprint density at radius 1 is 1.77 bits per heavy atom. The van der Waals surface area contributed by atoms with E-state index in [0.717, 1.165) is 0 Å². The molecule has 0 aromatic carbocycles. The lowest BCUT2D eigenvalue weighted by molar-refractivity contribution is -0.138. The average molecular weight is 184 g/mol. The van der Waals surface area contributed by atoms with Gasteiger partial charge in [-0.3, -0.25) is 0 Å². The number of amides is 2. The maximum absolute atomic E-state index is 11.2. The second kappa shape index (κ2) is 3.93. The summed E-state index contributed by atoms with van der Waals surface area (Å²) >= 11 is 0. The second-order valence-electron chi connectivity index (χ2n) is 2.70. The van der Waals surface area contributed by atoms with E-state index in [1.54, 1.807) is 14.0 Å². The number of urea groups is 1. The molecule has 0 spiro atoms. The van der Waals surface area contributed by atoms with Crippen molar-refractivity contribution in [2.75, 3.05) is 20.2 Å². The van der Waals surface area contributed by atoms with Crippen LogP contribution < -0.4 is 5.32 Å². The van der Waals surface area contributed by atoms with Gasteiger partial charge in [0.05, 0.1) is 18.7 Å². The fourth-order valence-corrected chi connectivity index (χ4v) is 0.979. The van der Waals surface area contributed by atoms with Crippen LogP contribution in [-0.4, -0.2) is 37.1 Å². The summed E-state index contributed by atoms with van der Waals surface area (Å²) in [5, 5.41) is 2.45. The first-order valence-electron chi connectivity index (χ1n) is 4.03. The first-order valence-corrected chi connectivity index (χ1v) is 4.03. The minimum atomic E-state index is -0.380. The highest BCUT2D eigenvalue weighted by atomic mass is 16.5. The lowest BCUT2D eigenvalue weighted by atomic mass is 10.2. The number of esters is 1. The van der Waals surface area contributed by atoms with Crippen molar-refractivity contribution in [2.45, 2.75) is 6.92 Å². The maximum atomic E-state index is 11.2. The molecule has 0 aromatic heterocycles. The molecule has 5 heteroatoms. The fourth-order valence-electron chi connectivity index (χ4n) is 0.979. The molecule has 1 N–H and O–H groups in total. The third-order valence-corrected chi connectivity index (χ3v) is 1.66. The lowest BCUT2D eigenvalue weighted by Gasteiger charge is -2.22. The van der Waals surface area contributed by atoms with E-state index in [0.29, 0.717) is 18.7 Å². The van der Waals surface area contributed by atoms with Crippen LogP contribution in [0.5, 0.6) is 0 Å². The number of nitrogens with one attached hydrogen (secondary N) is 1. The number of rotatable bonds is 2. The molecule has 1 aliphatic rings. The van der Waals surface area contributed by atoms with Crippen molar-refractivity contribution in [3.63, 3.8) is 0 Å². The van der Waals surface area contributed by atoms with Gasteiger partial charge in [0.2, 0.25) is 0 Å². The van der Waals surface area contributed by atoms with Crippen molar-refractivity contribution >= 4 is 12.0 Å². The number of carbonyl (C=O) groups excluding carboxylic acids is 2. The summed E-state index contributed by atoms with van der Waals surface area (Å²) in [5.41, 5.74) is 0.462. The Morgan fingerprint density at radius 2 is 2.46 bits per heavy atom. The Bertz CT molecular complexity index is 260. The minimum Gasteiger partial charge on any atom is -0.463 e.